The molecule has 6 heteroatoms. The summed E-state index contributed by atoms with van der Waals surface area (Å²) in [6.45, 7) is 0. The molecule has 0 aliphatic rings. The van der Waals surface area contributed by atoms with Crippen molar-refractivity contribution < 1.29 is 4.52 Å². The molecule has 0 amide bonds. The first-order valence-electron chi connectivity index (χ1n) is 3.48. The van der Waals surface area contributed by atoms with E-state index in [1.54, 1.807) is 11.7 Å². The van der Waals surface area contributed by atoms with Crippen LogP contribution in [0.2, 0.25) is 0 Å². The molecule has 0 saturated carbocycles. The summed E-state index contributed by atoms with van der Waals surface area (Å²) in [6, 6.07) is 1.93. The monoisotopic (exact) mass is 192 g/mol. The molecule has 0 spiro atoms. The molecule has 0 aliphatic heterocycles. The zero-order valence-corrected chi connectivity index (χ0v) is 7.28. The van der Waals surface area contributed by atoms with Crippen LogP contribution in [-0.4, -0.2) is 15.1 Å². The maximum absolute atomic E-state index is 8.37. The SMILES string of the molecule is N#CCc1nc(-c2cncs2)no1. The second kappa shape index (κ2) is 3.33. The van der Waals surface area contributed by atoms with Gasteiger partial charge in [-0.2, -0.15) is 10.2 Å². The number of nitriles is 1. The molecular weight excluding hydrogens is 188 g/mol. The van der Waals surface area contributed by atoms with Crippen molar-refractivity contribution >= 4 is 11.3 Å². The van der Waals surface area contributed by atoms with E-state index in [4.69, 9.17) is 9.78 Å². The molecule has 5 nitrogen and oxygen atoms in total. The van der Waals surface area contributed by atoms with Gasteiger partial charge in [-0.25, -0.2) is 0 Å². The largest absolute Gasteiger partial charge is 0.338 e. The van der Waals surface area contributed by atoms with Gasteiger partial charge in [0, 0.05) is 6.20 Å². The third-order valence-electron chi connectivity index (χ3n) is 1.35. The molecule has 0 aromatic carbocycles. The van der Waals surface area contributed by atoms with E-state index in [0.29, 0.717) is 11.7 Å². The highest BCUT2D eigenvalue weighted by Crippen LogP contribution is 2.19. The Balaban J connectivity index is 2.29. The van der Waals surface area contributed by atoms with Crippen molar-refractivity contribution in [3.63, 3.8) is 0 Å². The Morgan fingerprint density at radius 2 is 2.54 bits per heavy atom. The van der Waals surface area contributed by atoms with Gasteiger partial charge in [0.2, 0.25) is 11.7 Å². The molecule has 0 bridgehead atoms. The van der Waals surface area contributed by atoms with E-state index in [2.05, 4.69) is 15.1 Å². The van der Waals surface area contributed by atoms with E-state index >= 15 is 0 Å². The predicted molar refractivity (Wildman–Crippen MR) is 44.7 cm³/mol. The van der Waals surface area contributed by atoms with Crippen LogP contribution < -0.4 is 0 Å². The number of aromatic nitrogens is 3. The summed E-state index contributed by atoms with van der Waals surface area (Å²) in [4.78, 5) is 8.74. The molecule has 0 atom stereocenters. The van der Waals surface area contributed by atoms with Crippen LogP contribution in [0.5, 0.6) is 0 Å². The molecule has 0 radical (unpaired) electrons. The molecule has 0 saturated heterocycles. The quantitative estimate of drug-likeness (QED) is 0.715. The van der Waals surface area contributed by atoms with E-state index in [1.807, 2.05) is 6.07 Å². The second-order valence-electron chi connectivity index (χ2n) is 2.21. The van der Waals surface area contributed by atoms with Crippen LogP contribution in [0.1, 0.15) is 5.89 Å². The van der Waals surface area contributed by atoms with Crippen LogP contribution in [0.25, 0.3) is 10.7 Å². The first kappa shape index (κ1) is 7.89. The Morgan fingerprint density at radius 3 is 3.23 bits per heavy atom. The van der Waals surface area contributed by atoms with Crippen molar-refractivity contribution in [2.45, 2.75) is 6.42 Å². The van der Waals surface area contributed by atoms with Crippen LogP contribution in [0, 0.1) is 11.3 Å². The van der Waals surface area contributed by atoms with Gasteiger partial charge in [0.25, 0.3) is 0 Å². The Morgan fingerprint density at radius 1 is 1.62 bits per heavy atom. The van der Waals surface area contributed by atoms with Crippen LogP contribution in [0.15, 0.2) is 16.2 Å². The third-order valence-corrected chi connectivity index (χ3v) is 2.12. The molecule has 2 aromatic heterocycles. The summed E-state index contributed by atoms with van der Waals surface area (Å²) in [6.07, 6.45) is 1.80. The highest BCUT2D eigenvalue weighted by Gasteiger charge is 2.08. The van der Waals surface area contributed by atoms with Gasteiger partial charge in [-0.1, -0.05) is 5.16 Å². The Bertz CT molecular complexity index is 428. The lowest BCUT2D eigenvalue weighted by Crippen LogP contribution is -1.80. The maximum Gasteiger partial charge on any atom is 0.241 e. The third kappa shape index (κ3) is 1.55. The average molecular weight is 192 g/mol. The lowest BCUT2D eigenvalue weighted by atomic mass is 10.4. The highest BCUT2D eigenvalue weighted by atomic mass is 32.1. The summed E-state index contributed by atoms with van der Waals surface area (Å²) < 4.78 is 4.82. The molecule has 0 unspecified atom stereocenters. The molecule has 13 heavy (non-hydrogen) atoms. The Kier molecular flexibility index (Phi) is 2.02. The van der Waals surface area contributed by atoms with Crippen molar-refractivity contribution in [2.75, 3.05) is 0 Å². The van der Waals surface area contributed by atoms with Crippen molar-refractivity contribution in [1.82, 2.24) is 15.1 Å². The van der Waals surface area contributed by atoms with Crippen LogP contribution in [-0.2, 0) is 6.42 Å². The highest BCUT2D eigenvalue weighted by molar-refractivity contribution is 7.13. The second-order valence-corrected chi connectivity index (χ2v) is 3.10. The smallest absolute Gasteiger partial charge is 0.241 e. The van der Waals surface area contributed by atoms with Crippen LogP contribution in [0.3, 0.4) is 0 Å². The standard InChI is InChI=1S/C7H4N4OS/c8-2-1-6-10-7(11-12-6)5-3-9-4-13-5/h3-4H,1H2. The minimum absolute atomic E-state index is 0.145. The number of thiazole rings is 1. The van der Waals surface area contributed by atoms with E-state index in [-0.39, 0.29) is 6.42 Å². The van der Waals surface area contributed by atoms with Gasteiger partial charge in [0.1, 0.15) is 6.42 Å². The van der Waals surface area contributed by atoms with Crippen LogP contribution in [0.4, 0.5) is 0 Å². The number of rotatable bonds is 2. The first-order valence-corrected chi connectivity index (χ1v) is 4.36. The molecule has 2 rings (SSSR count). The number of hydrogen-bond acceptors (Lipinski definition) is 6. The summed E-state index contributed by atoms with van der Waals surface area (Å²) in [5.41, 5.74) is 1.69. The Labute approximate surface area is 77.7 Å². The minimum Gasteiger partial charge on any atom is -0.338 e. The van der Waals surface area contributed by atoms with Gasteiger partial charge in [-0.05, 0) is 0 Å². The van der Waals surface area contributed by atoms with Gasteiger partial charge < -0.3 is 4.52 Å². The topological polar surface area (TPSA) is 75.6 Å². The molecule has 0 fully saturated rings. The van der Waals surface area contributed by atoms with E-state index in [1.165, 1.54) is 11.3 Å². The molecule has 64 valence electrons. The molecule has 0 aliphatic carbocycles. The average Bonchev–Trinajstić information content (AvgIpc) is 2.70. The summed E-state index contributed by atoms with van der Waals surface area (Å²) in [5.74, 6) is 0.832. The lowest BCUT2D eigenvalue weighted by Gasteiger charge is -1.79. The molecule has 0 N–H and O–H groups in total. The summed E-state index contributed by atoms with van der Waals surface area (Å²) in [7, 11) is 0. The van der Waals surface area contributed by atoms with E-state index < -0.39 is 0 Å². The maximum atomic E-state index is 8.37. The fourth-order valence-electron chi connectivity index (χ4n) is 0.821. The first-order chi connectivity index (χ1) is 6.40. The summed E-state index contributed by atoms with van der Waals surface area (Å²) >= 11 is 1.43. The van der Waals surface area contributed by atoms with Gasteiger partial charge >= 0.3 is 0 Å². The fourth-order valence-corrected chi connectivity index (χ4v) is 1.37. The van der Waals surface area contributed by atoms with Crippen molar-refractivity contribution in [3.05, 3.63) is 17.6 Å². The predicted octanol–water partition coefficient (Wildman–Crippen LogP) is 1.26. The van der Waals surface area contributed by atoms with Gasteiger partial charge in [0.05, 0.1) is 16.5 Å². The fraction of sp³-hybridized carbons (Fsp3) is 0.143. The van der Waals surface area contributed by atoms with E-state index in [9.17, 15) is 0 Å². The van der Waals surface area contributed by atoms with Crippen LogP contribution >= 0.6 is 11.3 Å². The van der Waals surface area contributed by atoms with Gasteiger partial charge in [-0.15, -0.1) is 11.3 Å². The van der Waals surface area contributed by atoms with Gasteiger partial charge in [0.15, 0.2) is 0 Å². The summed E-state index contributed by atoms with van der Waals surface area (Å²) in [5, 5.41) is 12.1. The van der Waals surface area contributed by atoms with Crippen molar-refractivity contribution in [2.24, 2.45) is 0 Å². The number of nitrogens with zero attached hydrogens (tertiary/aromatic N) is 4. The van der Waals surface area contributed by atoms with Crippen molar-refractivity contribution in [3.8, 4) is 16.8 Å². The van der Waals surface area contributed by atoms with Gasteiger partial charge in [-0.3, -0.25) is 4.98 Å². The normalized spacial score (nSPS) is 9.77. The van der Waals surface area contributed by atoms with Crippen molar-refractivity contribution in [1.29, 1.82) is 5.26 Å². The van der Waals surface area contributed by atoms with E-state index in [0.717, 1.165) is 4.88 Å². The lowest BCUT2D eigenvalue weighted by molar-refractivity contribution is 0.388. The zero-order chi connectivity index (χ0) is 9.10. The molecule has 2 heterocycles. The molecule has 2 aromatic rings. The molecular formula is C7H4N4OS. The minimum atomic E-state index is 0.145. The Hall–Kier alpha value is -1.74. The zero-order valence-electron chi connectivity index (χ0n) is 6.47. The number of hydrogen-bond donors (Lipinski definition) is 0.